The Balaban J connectivity index is 1.66. The number of nitrogens with one attached hydrogen (secondary N) is 1. The van der Waals surface area contributed by atoms with E-state index in [-0.39, 0.29) is 12.5 Å². The molecular weight excluding hydrogens is 489 g/mol. The van der Waals surface area contributed by atoms with Gasteiger partial charge < -0.3 is 4.74 Å². The molecule has 1 amide bonds. The van der Waals surface area contributed by atoms with Crippen LogP contribution >= 0.6 is 39.1 Å². The van der Waals surface area contributed by atoms with Gasteiger partial charge in [0.15, 0.2) is 5.75 Å². The molecular formula is C22H14BrCl2N3O2. The molecule has 3 rings (SSSR count). The maximum absolute atomic E-state index is 12.1. The molecule has 0 atom stereocenters. The van der Waals surface area contributed by atoms with Gasteiger partial charge in [0.1, 0.15) is 6.61 Å². The number of hydrazone groups is 1. The number of rotatable bonds is 6. The first-order chi connectivity index (χ1) is 14.5. The third-order valence-corrected chi connectivity index (χ3v) is 5.14. The molecule has 0 aliphatic heterocycles. The zero-order valence-electron chi connectivity index (χ0n) is 15.4. The highest BCUT2D eigenvalue weighted by atomic mass is 79.9. The summed E-state index contributed by atoms with van der Waals surface area (Å²) < 4.78 is 6.43. The summed E-state index contributed by atoms with van der Waals surface area (Å²) in [7, 11) is 0. The van der Waals surface area contributed by atoms with Crippen LogP contribution < -0.4 is 10.2 Å². The Kier molecular flexibility index (Phi) is 7.47. The SMILES string of the molecule is N#Cc1ccccc1COc1c(Cl)cc(/C=N\NC(=O)c2ccc(Cl)cc2)cc1Br. The number of benzene rings is 3. The minimum absolute atomic E-state index is 0.201. The van der Waals surface area contributed by atoms with Crippen LogP contribution in [0.2, 0.25) is 10.0 Å². The molecule has 0 saturated heterocycles. The topological polar surface area (TPSA) is 74.5 Å². The number of carbonyl (C=O) groups excluding carboxylic acids is 1. The molecule has 0 aliphatic rings. The smallest absolute Gasteiger partial charge is 0.271 e. The number of nitriles is 1. The second kappa shape index (κ2) is 10.3. The van der Waals surface area contributed by atoms with E-state index in [4.69, 9.17) is 27.9 Å². The lowest BCUT2D eigenvalue weighted by Crippen LogP contribution is -2.17. The first-order valence-corrected chi connectivity index (χ1v) is 10.2. The Morgan fingerprint density at radius 3 is 2.60 bits per heavy atom. The first kappa shape index (κ1) is 21.8. The van der Waals surface area contributed by atoms with E-state index >= 15 is 0 Å². The summed E-state index contributed by atoms with van der Waals surface area (Å²) in [5.41, 5.74) is 4.86. The Morgan fingerprint density at radius 2 is 1.90 bits per heavy atom. The van der Waals surface area contributed by atoms with Crippen LogP contribution in [0.5, 0.6) is 5.75 Å². The molecule has 8 heteroatoms. The summed E-state index contributed by atoms with van der Waals surface area (Å²) in [5.74, 6) is 0.0935. The Hall–Kier alpha value is -2.85. The minimum Gasteiger partial charge on any atom is -0.486 e. The van der Waals surface area contributed by atoms with Gasteiger partial charge in [-0.3, -0.25) is 4.79 Å². The molecule has 0 spiro atoms. The van der Waals surface area contributed by atoms with Gasteiger partial charge in [0, 0.05) is 16.1 Å². The monoisotopic (exact) mass is 501 g/mol. The zero-order chi connectivity index (χ0) is 21.5. The van der Waals surface area contributed by atoms with E-state index < -0.39 is 0 Å². The molecule has 5 nitrogen and oxygen atoms in total. The third kappa shape index (κ3) is 5.61. The third-order valence-electron chi connectivity index (χ3n) is 4.02. The summed E-state index contributed by atoms with van der Waals surface area (Å²) >= 11 is 15.6. The van der Waals surface area contributed by atoms with Crippen molar-refractivity contribution in [2.75, 3.05) is 0 Å². The molecule has 0 fully saturated rings. The number of hydrogen-bond donors (Lipinski definition) is 1. The summed E-state index contributed by atoms with van der Waals surface area (Å²) in [6, 6.07) is 19.2. The van der Waals surface area contributed by atoms with Crippen LogP contribution in [0.25, 0.3) is 0 Å². The number of halogens is 3. The van der Waals surface area contributed by atoms with Gasteiger partial charge in [-0.2, -0.15) is 10.4 Å². The number of amides is 1. The quantitative estimate of drug-likeness (QED) is 0.333. The van der Waals surface area contributed by atoms with Gasteiger partial charge >= 0.3 is 0 Å². The van der Waals surface area contributed by atoms with Crippen molar-refractivity contribution in [1.82, 2.24) is 5.43 Å². The summed E-state index contributed by atoms with van der Waals surface area (Å²) in [6.45, 7) is 0.201. The highest BCUT2D eigenvalue weighted by Gasteiger charge is 2.11. The lowest BCUT2D eigenvalue weighted by molar-refractivity contribution is 0.0955. The molecule has 0 aliphatic carbocycles. The van der Waals surface area contributed by atoms with Gasteiger partial charge in [-0.15, -0.1) is 0 Å². The Morgan fingerprint density at radius 1 is 1.17 bits per heavy atom. The van der Waals surface area contributed by atoms with Crippen molar-refractivity contribution in [2.24, 2.45) is 5.10 Å². The zero-order valence-corrected chi connectivity index (χ0v) is 18.5. The van der Waals surface area contributed by atoms with E-state index in [2.05, 4.69) is 32.5 Å². The van der Waals surface area contributed by atoms with E-state index in [1.165, 1.54) is 6.21 Å². The maximum atomic E-state index is 12.1. The van der Waals surface area contributed by atoms with Crippen LogP contribution in [0.1, 0.15) is 27.0 Å². The largest absolute Gasteiger partial charge is 0.486 e. The van der Waals surface area contributed by atoms with Gasteiger partial charge in [-0.1, -0.05) is 41.4 Å². The second-order valence-corrected chi connectivity index (χ2v) is 7.78. The molecule has 3 aromatic rings. The molecule has 0 aromatic heterocycles. The predicted molar refractivity (Wildman–Crippen MR) is 121 cm³/mol. The van der Waals surface area contributed by atoms with Crippen LogP contribution in [0.3, 0.4) is 0 Å². The highest BCUT2D eigenvalue weighted by molar-refractivity contribution is 9.10. The van der Waals surface area contributed by atoms with Crippen molar-refractivity contribution in [3.8, 4) is 11.8 Å². The minimum atomic E-state index is -0.357. The summed E-state index contributed by atoms with van der Waals surface area (Å²) in [6.07, 6.45) is 1.47. The van der Waals surface area contributed by atoms with Crippen molar-refractivity contribution in [2.45, 2.75) is 6.61 Å². The van der Waals surface area contributed by atoms with Gasteiger partial charge in [0.25, 0.3) is 5.91 Å². The van der Waals surface area contributed by atoms with Gasteiger partial charge in [0.05, 0.1) is 27.3 Å². The standard InChI is InChI=1S/C22H14BrCl2N3O2/c23-19-9-14(12-27-28-22(29)15-5-7-18(24)8-6-15)10-20(25)21(19)30-13-17-4-2-1-3-16(17)11-26/h1-10,12H,13H2,(H,28,29)/b27-12-. The van der Waals surface area contributed by atoms with Crippen LogP contribution in [-0.4, -0.2) is 12.1 Å². The van der Waals surface area contributed by atoms with Gasteiger partial charge in [-0.25, -0.2) is 5.43 Å². The van der Waals surface area contributed by atoms with Crippen LogP contribution in [-0.2, 0) is 6.61 Å². The van der Waals surface area contributed by atoms with Crippen molar-refractivity contribution in [1.29, 1.82) is 5.26 Å². The lowest BCUT2D eigenvalue weighted by atomic mass is 10.1. The number of hydrogen-bond acceptors (Lipinski definition) is 4. The Labute approximate surface area is 192 Å². The average molecular weight is 503 g/mol. The van der Waals surface area contributed by atoms with E-state index in [0.717, 1.165) is 5.56 Å². The lowest BCUT2D eigenvalue weighted by Gasteiger charge is -2.12. The molecule has 0 radical (unpaired) electrons. The van der Waals surface area contributed by atoms with Gasteiger partial charge in [0.2, 0.25) is 0 Å². The highest BCUT2D eigenvalue weighted by Crippen LogP contribution is 2.34. The maximum Gasteiger partial charge on any atom is 0.271 e. The fourth-order valence-electron chi connectivity index (χ4n) is 2.53. The molecule has 150 valence electrons. The predicted octanol–water partition coefficient (Wildman–Crippen LogP) is 5.97. The molecule has 0 heterocycles. The average Bonchev–Trinajstić information content (AvgIpc) is 2.74. The van der Waals surface area contributed by atoms with E-state index in [1.807, 2.05) is 12.1 Å². The Bertz CT molecular complexity index is 1120. The van der Waals surface area contributed by atoms with Crippen molar-refractivity contribution < 1.29 is 9.53 Å². The van der Waals surface area contributed by atoms with Crippen molar-refractivity contribution in [3.63, 3.8) is 0 Å². The van der Waals surface area contributed by atoms with E-state index in [0.29, 0.717) is 37.0 Å². The van der Waals surface area contributed by atoms with Crippen molar-refractivity contribution in [3.05, 3.63) is 97.4 Å². The molecule has 0 bridgehead atoms. The molecule has 0 unspecified atom stereocenters. The fraction of sp³-hybridized carbons (Fsp3) is 0.0455. The van der Waals surface area contributed by atoms with Crippen LogP contribution in [0, 0.1) is 11.3 Å². The first-order valence-electron chi connectivity index (χ1n) is 8.66. The summed E-state index contributed by atoms with van der Waals surface area (Å²) in [5, 5.41) is 14.0. The van der Waals surface area contributed by atoms with Gasteiger partial charge in [-0.05, 0) is 64.0 Å². The number of carbonyl (C=O) groups is 1. The fourth-order valence-corrected chi connectivity index (χ4v) is 3.64. The summed E-state index contributed by atoms with van der Waals surface area (Å²) in [4.78, 5) is 12.1. The normalized spacial score (nSPS) is 10.6. The molecule has 30 heavy (non-hydrogen) atoms. The van der Waals surface area contributed by atoms with E-state index in [1.54, 1.807) is 48.5 Å². The molecule has 1 N–H and O–H groups in total. The second-order valence-electron chi connectivity index (χ2n) is 6.08. The molecule has 3 aromatic carbocycles. The number of ether oxygens (including phenoxy) is 1. The van der Waals surface area contributed by atoms with Crippen LogP contribution in [0.4, 0.5) is 0 Å². The van der Waals surface area contributed by atoms with Crippen LogP contribution in [0.15, 0.2) is 70.2 Å². The number of nitrogens with zero attached hydrogens (tertiary/aromatic N) is 2. The van der Waals surface area contributed by atoms with Crippen molar-refractivity contribution >= 4 is 51.3 Å². The molecule has 0 saturated carbocycles. The van der Waals surface area contributed by atoms with E-state index in [9.17, 15) is 10.1 Å².